The molecule has 0 saturated heterocycles. The molecule has 74 valence electrons. The molecule has 0 bridgehead atoms. The van der Waals surface area contributed by atoms with Crippen molar-refractivity contribution >= 4 is 27.3 Å². The summed E-state index contributed by atoms with van der Waals surface area (Å²) in [6.07, 6.45) is -5.53. The van der Waals surface area contributed by atoms with Gasteiger partial charge in [0.2, 0.25) is 0 Å². The first kappa shape index (κ1) is 10.9. The van der Waals surface area contributed by atoms with E-state index in [2.05, 4.69) is 15.9 Å². The van der Waals surface area contributed by atoms with Gasteiger partial charge in [0.1, 0.15) is 0 Å². The van der Waals surface area contributed by atoms with Crippen LogP contribution in [-0.4, -0.2) is 6.18 Å². The molecule has 0 spiro atoms. The second-order valence-electron chi connectivity index (χ2n) is 2.20. The average Bonchev–Trinajstić information content (AvgIpc) is 2.33. The average molecular weight is 281 g/mol. The number of thiophene rings is 1. The number of halogens is 6. The first-order valence-corrected chi connectivity index (χ1v) is 4.61. The van der Waals surface area contributed by atoms with Crippen molar-refractivity contribution < 1.29 is 22.0 Å². The number of hydrogen-bond acceptors (Lipinski definition) is 1. The van der Waals surface area contributed by atoms with Crippen molar-refractivity contribution in [2.24, 2.45) is 0 Å². The molecule has 0 saturated carbocycles. The van der Waals surface area contributed by atoms with Crippen LogP contribution in [0.5, 0.6) is 0 Å². The smallest absolute Gasteiger partial charge is 0.190 e. The standard InChI is InChI=1S/C6H2BrF5S/c7-3-1-4(13-2-3)5(8,9)6(10,11)12/h1-2H. The minimum absolute atomic E-state index is 0.219. The van der Waals surface area contributed by atoms with Crippen LogP contribution in [0.2, 0.25) is 0 Å². The van der Waals surface area contributed by atoms with Crippen LogP contribution in [0.1, 0.15) is 4.88 Å². The Morgan fingerprint density at radius 2 is 1.69 bits per heavy atom. The molecule has 0 aliphatic carbocycles. The Morgan fingerprint density at radius 3 is 2.00 bits per heavy atom. The maximum absolute atomic E-state index is 12.5. The van der Waals surface area contributed by atoms with Gasteiger partial charge in [-0.15, -0.1) is 11.3 Å². The normalized spacial score (nSPS) is 13.4. The molecular formula is C6H2BrF5S. The molecule has 0 aliphatic rings. The maximum Gasteiger partial charge on any atom is 0.458 e. The summed E-state index contributed by atoms with van der Waals surface area (Å²) in [6, 6.07) is 0.762. The van der Waals surface area contributed by atoms with Gasteiger partial charge in [-0.1, -0.05) is 0 Å². The molecule has 0 aromatic carbocycles. The second-order valence-corrected chi connectivity index (χ2v) is 4.03. The van der Waals surface area contributed by atoms with Gasteiger partial charge in [0.15, 0.2) is 0 Å². The summed E-state index contributed by atoms with van der Waals surface area (Å²) < 4.78 is 60.6. The summed E-state index contributed by atoms with van der Waals surface area (Å²) in [6.45, 7) is 0. The third kappa shape index (κ3) is 2.01. The zero-order chi connectivity index (χ0) is 10.3. The molecule has 1 heterocycles. The molecular weight excluding hydrogens is 279 g/mol. The molecule has 0 aliphatic heterocycles. The fourth-order valence-corrected chi connectivity index (χ4v) is 2.04. The number of alkyl halides is 5. The van der Waals surface area contributed by atoms with Gasteiger partial charge in [-0.2, -0.15) is 22.0 Å². The van der Waals surface area contributed by atoms with Crippen LogP contribution in [0.4, 0.5) is 22.0 Å². The summed E-state index contributed by atoms with van der Waals surface area (Å²) in [4.78, 5) is -1.01. The topological polar surface area (TPSA) is 0 Å². The molecule has 0 nitrogen and oxygen atoms in total. The van der Waals surface area contributed by atoms with E-state index in [4.69, 9.17) is 0 Å². The third-order valence-electron chi connectivity index (χ3n) is 1.23. The highest BCUT2D eigenvalue weighted by molar-refractivity contribution is 9.10. The van der Waals surface area contributed by atoms with E-state index >= 15 is 0 Å². The fourth-order valence-electron chi connectivity index (χ4n) is 0.617. The highest BCUT2D eigenvalue weighted by Crippen LogP contribution is 2.46. The SMILES string of the molecule is FC(F)(F)C(F)(F)c1cc(Br)cs1. The monoisotopic (exact) mass is 280 g/mol. The van der Waals surface area contributed by atoms with Crippen molar-refractivity contribution in [3.63, 3.8) is 0 Å². The molecule has 0 unspecified atom stereocenters. The van der Waals surface area contributed by atoms with E-state index in [9.17, 15) is 22.0 Å². The largest absolute Gasteiger partial charge is 0.458 e. The van der Waals surface area contributed by atoms with Gasteiger partial charge >= 0.3 is 12.1 Å². The van der Waals surface area contributed by atoms with E-state index in [-0.39, 0.29) is 4.47 Å². The summed E-state index contributed by atoms with van der Waals surface area (Å²) >= 11 is 3.17. The van der Waals surface area contributed by atoms with Crippen molar-refractivity contribution in [3.8, 4) is 0 Å². The van der Waals surface area contributed by atoms with Gasteiger partial charge in [-0.25, -0.2) is 0 Å². The summed E-state index contributed by atoms with van der Waals surface area (Å²) in [5, 5.41) is 1.18. The van der Waals surface area contributed by atoms with Crippen LogP contribution in [0.15, 0.2) is 15.9 Å². The summed E-state index contributed by atoms with van der Waals surface area (Å²) in [5.74, 6) is -4.76. The molecule has 7 heteroatoms. The van der Waals surface area contributed by atoms with Crippen molar-refractivity contribution in [3.05, 3.63) is 20.8 Å². The Kier molecular flexibility index (Phi) is 2.68. The Bertz CT molecular complexity index is 302. The van der Waals surface area contributed by atoms with Crippen molar-refractivity contribution in [1.29, 1.82) is 0 Å². The Labute approximate surface area is 82.5 Å². The third-order valence-corrected chi connectivity index (χ3v) is 2.99. The lowest BCUT2D eigenvalue weighted by Crippen LogP contribution is -2.32. The number of hydrogen-bond donors (Lipinski definition) is 0. The highest BCUT2D eigenvalue weighted by Gasteiger charge is 2.59. The van der Waals surface area contributed by atoms with E-state index < -0.39 is 17.0 Å². The predicted octanol–water partition coefficient (Wildman–Crippen LogP) is 4.16. The minimum atomic E-state index is -5.53. The first-order chi connectivity index (χ1) is 5.75. The minimum Gasteiger partial charge on any atom is -0.190 e. The Hall–Kier alpha value is -0.170. The van der Waals surface area contributed by atoms with E-state index in [1.54, 1.807) is 0 Å². The molecule has 0 amide bonds. The lowest BCUT2D eigenvalue weighted by Gasteiger charge is -2.17. The van der Waals surface area contributed by atoms with Crippen LogP contribution in [0, 0.1) is 0 Å². The van der Waals surface area contributed by atoms with E-state index in [1.807, 2.05) is 0 Å². The van der Waals surface area contributed by atoms with Gasteiger partial charge in [-0.05, 0) is 22.0 Å². The second kappa shape index (κ2) is 3.20. The van der Waals surface area contributed by atoms with E-state index in [0.29, 0.717) is 11.3 Å². The maximum atomic E-state index is 12.5. The lowest BCUT2D eigenvalue weighted by atomic mass is 10.3. The van der Waals surface area contributed by atoms with Gasteiger partial charge in [-0.3, -0.25) is 0 Å². The zero-order valence-corrected chi connectivity index (χ0v) is 8.23. The van der Waals surface area contributed by atoms with Crippen LogP contribution in [-0.2, 0) is 5.92 Å². The molecule has 0 radical (unpaired) electrons. The highest BCUT2D eigenvalue weighted by atomic mass is 79.9. The summed E-state index contributed by atoms with van der Waals surface area (Å²) in [7, 11) is 0. The van der Waals surface area contributed by atoms with Crippen LogP contribution < -0.4 is 0 Å². The molecule has 1 aromatic heterocycles. The van der Waals surface area contributed by atoms with Crippen molar-refractivity contribution in [1.82, 2.24) is 0 Å². The van der Waals surface area contributed by atoms with Crippen LogP contribution in [0.25, 0.3) is 0 Å². The van der Waals surface area contributed by atoms with Crippen molar-refractivity contribution in [2.75, 3.05) is 0 Å². The van der Waals surface area contributed by atoms with E-state index in [0.717, 1.165) is 6.07 Å². The Morgan fingerprint density at radius 1 is 1.15 bits per heavy atom. The van der Waals surface area contributed by atoms with Gasteiger partial charge in [0, 0.05) is 9.85 Å². The van der Waals surface area contributed by atoms with E-state index in [1.165, 1.54) is 5.38 Å². The fraction of sp³-hybridized carbons (Fsp3) is 0.333. The van der Waals surface area contributed by atoms with Gasteiger partial charge in [0.05, 0.1) is 4.88 Å². The van der Waals surface area contributed by atoms with Crippen LogP contribution in [0.3, 0.4) is 0 Å². The molecule has 1 rings (SSSR count). The molecule has 0 atom stereocenters. The van der Waals surface area contributed by atoms with Gasteiger partial charge < -0.3 is 0 Å². The zero-order valence-electron chi connectivity index (χ0n) is 5.83. The quantitative estimate of drug-likeness (QED) is 0.678. The first-order valence-electron chi connectivity index (χ1n) is 2.94. The molecule has 13 heavy (non-hydrogen) atoms. The molecule has 0 N–H and O–H groups in total. The molecule has 1 aromatic rings. The van der Waals surface area contributed by atoms with Gasteiger partial charge in [0.25, 0.3) is 0 Å². The van der Waals surface area contributed by atoms with Crippen molar-refractivity contribution in [2.45, 2.75) is 12.1 Å². The Balaban J connectivity index is 3.07. The molecule has 0 fully saturated rings. The predicted molar refractivity (Wildman–Crippen MR) is 42.0 cm³/mol. The van der Waals surface area contributed by atoms with Crippen LogP contribution >= 0.6 is 27.3 Å². The summed E-state index contributed by atoms with van der Waals surface area (Å²) in [5.41, 5.74) is 0. The lowest BCUT2D eigenvalue weighted by molar-refractivity contribution is -0.287. The number of rotatable bonds is 1.